The van der Waals surface area contributed by atoms with Gasteiger partial charge in [-0.05, 0) is 25.9 Å². The molecule has 0 aromatic heterocycles. The van der Waals surface area contributed by atoms with Gasteiger partial charge in [-0.15, -0.1) is 0 Å². The summed E-state index contributed by atoms with van der Waals surface area (Å²) in [4.78, 5) is 2.45. The molecule has 0 radical (unpaired) electrons. The number of rotatable bonds is 4. The maximum atomic E-state index is 4.90. The van der Waals surface area contributed by atoms with Crippen LogP contribution in [0, 0.1) is 0 Å². The van der Waals surface area contributed by atoms with E-state index in [1.165, 1.54) is 32.5 Å². The SMILES string of the molecule is IOCCCN1CCC1. The minimum atomic E-state index is 0.900. The summed E-state index contributed by atoms with van der Waals surface area (Å²) >= 11 is 1.95. The van der Waals surface area contributed by atoms with Gasteiger partial charge in [0, 0.05) is 6.54 Å². The Balaban J connectivity index is 1.80. The predicted octanol–water partition coefficient (Wildman–Crippen LogP) is 1.45. The molecule has 54 valence electrons. The van der Waals surface area contributed by atoms with Crippen LogP contribution in [0.5, 0.6) is 0 Å². The van der Waals surface area contributed by atoms with Crippen molar-refractivity contribution < 1.29 is 3.07 Å². The van der Waals surface area contributed by atoms with Crippen molar-refractivity contribution in [3.8, 4) is 0 Å². The third kappa shape index (κ3) is 2.82. The van der Waals surface area contributed by atoms with E-state index in [0.29, 0.717) is 0 Å². The fourth-order valence-electron chi connectivity index (χ4n) is 0.948. The van der Waals surface area contributed by atoms with Gasteiger partial charge in [0.2, 0.25) is 0 Å². The van der Waals surface area contributed by atoms with Crippen LogP contribution in [0.15, 0.2) is 0 Å². The second-order valence-corrected chi connectivity index (χ2v) is 2.98. The zero-order chi connectivity index (χ0) is 6.53. The van der Waals surface area contributed by atoms with Crippen LogP contribution in [0.25, 0.3) is 0 Å². The summed E-state index contributed by atoms with van der Waals surface area (Å²) in [5, 5.41) is 0. The molecule has 2 nitrogen and oxygen atoms in total. The lowest BCUT2D eigenvalue weighted by Gasteiger charge is -2.30. The highest BCUT2D eigenvalue weighted by Gasteiger charge is 2.11. The molecule has 0 aliphatic carbocycles. The van der Waals surface area contributed by atoms with Crippen molar-refractivity contribution in [2.24, 2.45) is 0 Å². The molecule has 1 saturated heterocycles. The molecule has 0 aromatic rings. The Morgan fingerprint density at radius 1 is 1.44 bits per heavy atom. The van der Waals surface area contributed by atoms with Gasteiger partial charge in [-0.2, -0.15) is 0 Å². The molecule has 1 aliphatic rings. The van der Waals surface area contributed by atoms with Crippen molar-refractivity contribution in [1.29, 1.82) is 0 Å². The van der Waals surface area contributed by atoms with E-state index in [2.05, 4.69) is 4.90 Å². The number of halogens is 1. The smallest absolute Gasteiger partial charge is 0.109 e. The van der Waals surface area contributed by atoms with E-state index in [4.69, 9.17) is 3.07 Å². The third-order valence-corrected chi connectivity index (χ3v) is 2.08. The van der Waals surface area contributed by atoms with E-state index in [1.807, 2.05) is 23.0 Å². The zero-order valence-corrected chi connectivity index (χ0v) is 7.63. The monoisotopic (exact) mass is 241 g/mol. The van der Waals surface area contributed by atoms with E-state index in [-0.39, 0.29) is 0 Å². The molecular weight excluding hydrogens is 229 g/mol. The molecule has 9 heavy (non-hydrogen) atoms. The number of likely N-dealkylation sites (tertiary alicyclic amines) is 1. The van der Waals surface area contributed by atoms with Crippen molar-refractivity contribution in [2.75, 3.05) is 26.2 Å². The highest BCUT2D eigenvalue weighted by Crippen LogP contribution is 2.05. The summed E-state index contributed by atoms with van der Waals surface area (Å²) < 4.78 is 4.90. The molecule has 1 fully saturated rings. The van der Waals surface area contributed by atoms with Gasteiger partial charge in [-0.25, -0.2) is 0 Å². The van der Waals surface area contributed by atoms with Crippen LogP contribution in [0.3, 0.4) is 0 Å². The summed E-state index contributed by atoms with van der Waals surface area (Å²) in [5.74, 6) is 0. The molecule has 0 unspecified atom stereocenters. The minimum absolute atomic E-state index is 0.900. The molecular formula is C6H12INO. The first kappa shape index (κ1) is 7.75. The summed E-state index contributed by atoms with van der Waals surface area (Å²) in [6.45, 7) is 4.74. The first-order valence-electron chi connectivity index (χ1n) is 3.39. The molecule has 0 bridgehead atoms. The Labute approximate surface area is 70.2 Å². The molecule has 0 atom stereocenters. The van der Waals surface area contributed by atoms with Crippen LogP contribution in [-0.2, 0) is 3.07 Å². The second-order valence-electron chi connectivity index (χ2n) is 2.36. The van der Waals surface area contributed by atoms with E-state index >= 15 is 0 Å². The van der Waals surface area contributed by atoms with Crippen LogP contribution in [0.4, 0.5) is 0 Å². The van der Waals surface area contributed by atoms with Gasteiger partial charge in [-0.1, -0.05) is 0 Å². The van der Waals surface area contributed by atoms with Crippen molar-refractivity contribution in [3.63, 3.8) is 0 Å². The maximum Gasteiger partial charge on any atom is 0.109 e. The Kier molecular flexibility index (Phi) is 3.85. The summed E-state index contributed by atoms with van der Waals surface area (Å²) in [6, 6.07) is 0. The first-order chi connectivity index (χ1) is 4.43. The predicted molar refractivity (Wildman–Crippen MR) is 45.6 cm³/mol. The third-order valence-electron chi connectivity index (χ3n) is 1.64. The van der Waals surface area contributed by atoms with Crippen LogP contribution in [-0.4, -0.2) is 31.1 Å². The molecule has 0 spiro atoms. The molecule has 3 heteroatoms. The molecule has 1 heterocycles. The van der Waals surface area contributed by atoms with E-state index in [1.54, 1.807) is 0 Å². The Bertz CT molecular complexity index is 75.5. The standard InChI is InChI=1S/C6H12INO/c7-9-6-2-5-8-3-1-4-8/h1-6H2. The lowest BCUT2D eigenvalue weighted by atomic mass is 10.2. The number of hydrogen-bond donors (Lipinski definition) is 0. The van der Waals surface area contributed by atoms with Gasteiger partial charge < -0.3 is 7.97 Å². The average molecular weight is 241 g/mol. The van der Waals surface area contributed by atoms with E-state index in [9.17, 15) is 0 Å². The lowest BCUT2D eigenvalue weighted by Crippen LogP contribution is -2.37. The molecule has 1 rings (SSSR count). The number of nitrogens with zero attached hydrogens (tertiary/aromatic N) is 1. The van der Waals surface area contributed by atoms with Crippen molar-refractivity contribution in [3.05, 3.63) is 0 Å². The van der Waals surface area contributed by atoms with E-state index < -0.39 is 0 Å². The van der Waals surface area contributed by atoms with Gasteiger partial charge >= 0.3 is 0 Å². The Morgan fingerprint density at radius 3 is 2.67 bits per heavy atom. The van der Waals surface area contributed by atoms with Gasteiger partial charge in [0.15, 0.2) is 0 Å². The molecule has 0 amide bonds. The summed E-state index contributed by atoms with van der Waals surface area (Å²) in [7, 11) is 0. The van der Waals surface area contributed by atoms with Crippen LogP contribution in [0.1, 0.15) is 12.8 Å². The van der Waals surface area contributed by atoms with Crippen LogP contribution in [0.2, 0.25) is 0 Å². The molecule has 1 aliphatic heterocycles. The van der Waals surface area contributed by atoms with Crippen LogP contribution >= 0.6 is 23.0 Å². The highest BCUT2D eigenvalue weighted by molar-refractivity contribution is 14.1. The van der Waals surface area contributed by atoms with Crippen LogP contribution < -0.4 is 0 Å². The molecule has 0 aromatic carbocycles. The summed E-state index contributed by atoms with van der Waals surface area (Å²) in [6.07, 6.45) is 2.58. The second kappa shape index (κ2) is 4.46. The lowest BCUT2D eigenvalue weighted by molar-refractivity contribution is 0.172. The normalized spacial score (nSPS) is 19.7. The van der Waals surface area contributed by atoms with E-state index in [0.717, 1.165) is 6.61 Å². The van der Waals surface area contributed by atoms with Crippen molar-refractivity contribution in [1.82, 2.24) is 4.90 Å². The van der Waals surface area contributed by atoms with Gasteiger partial charge in [0.1, 0.15) is 23.0 Å². The fraction of sp³-hybridized carbons (Fsp3) is 1.00. The quantitative estimate of drug-likeness (QED) is 0.545. The maximum absolute atomic E-state index is 4.90. The first-order valence-corrected chi connectivity index (χ1v) is 4.27. The highest BCUT2D eigenvalue weighted by atomic mass is 127. The van der Waals surface area contributed by atoms with Crippen molar-refractivity contribution in [2.45, 2.75) is 12.8 Å². The van der Waals surface area contributed by atoms with Gasteiger partial charge in [0.05, 0.1) is 6.61 Å². The topological polar surface area (TPSA) is 12.5 Å². The number of hydrogen-bond acceptors (Lipinski definition) is 2. The Morgan fingerprint density at radius 2 is 2.22 bits per heavy atom. The minimum Gasteiger partial charge on any atom is -0.316 e. The van der Waals surface area contributed by atoms with Gasteiger partial charge in [-0.3, -0.25) is 0 Å². The fourth-order valence-corrected chi connectivity index (χ4v) is 1.26. The summed E-state index contributed by atoms with van der Waals surface area (Å²) in [5.41, 5.74) is 0. The van der Waals surface area contributed by atoms with Gasteiger partial charge in [0.25, 0.3) is 0 Å². The zero-order valence-electron chi connectivity index (χ0n) is 5.48. The molecule has 0 N–H and O–H groups in total. The molecule has 0 saturated carbocycles. The Hall–Kier alpha value is 0.650. The largest absolute Gasteiger partial charge is 0.316 e. The van der Waals surface area contributed by atoms with Crippen molar-refractivity contribution >= 4 is 23.0 Å². The average Bonchev–Trinajstić information content (AvgIpc) is 1.76.